The standard InChI is InChI=1S/C23H25F3N4OS.ClH/c24-23(25,26)17-6-5-7-18(16-17)30-14-12-29(13-15-30)11-4-3-10-21(31)28-22-27-19-8-1-2-9-20(19)32-22;/h1-2,5-9,16H,3-4,10-15H2,(H,27,28,31);1H. The molecule has 1 amide bonds. The summed E-state index contributed by atoms with van der Waals surface area (Å²) in [5.74, 6) is -0.0292. The average Bonchev–Trinajstić information content (AvgIpc) is 3.19. The fraction of sp³-hybridized carbons (Fsp3) is 0.391. The van der Waals surface area contributed by atoms with Crippen LogP contribution in [0.4, 0.5) is 24.0 Å². The summed E-state index contributed by atoms with van der Waals surface area (Å²) in [5, 5.41) is 3.50. The summed E-state index contributed by atoms with van der Waals surface area (Å²) >= 11 is 1.47. The molecule has 0 atom stereocenters. The number of aromatic nitrogens is 1. The summed E-state index contributed by atoms with van der Waals surface area (Å²) < 4.78 is 39.9. The molecule has 178 valence electrons. The maximum absolute atomic E-state index is 12.9. The summed E-state index contributed by atoms with van der Waals surface area (Å²) in [5.41, 5.74) is 0.893. The Morgan fingerprint density at radius 1 is 1.03 bits per heavy atom. The first kappa shape index (κ1) is 25.3. The van der Waals surface area contributed by atoms with Crippen LogP contribution in [0.1, 0.15) is 24.8 Å². The number of alkyl halides is 3. The Kier molecular flexibility index (Phi) is 8.56. The summed E-state index contributed by atoms with van der Waals surface area (Å²) in [6.07, 6.45) is -2.20. The molecule has 1 aromatic heterocycles. The fourth-order valence-electron chi connectivity index (χ4n) is 3.84. The second-order valence-electron chi connectivity index (χ2n) is 7.87. The SMILES string of the molecule is Cl.O=C(CCCCN1CCN(c2cccc(C(F)(F)F)c2)CC1)Nc1nc2ccccc2s1. The Hall–Kier alpha value is -2.36. The third-order valence-electron chi connectivity index (χ3n) is 5.58. The Labute approximate surface area is 201 Å². The molecule has 0 spiro atoms. The van der Waals surface area contributed by atoms with E-state index in [4.69, 9.17) is 0 Å². The number of hydrogen-bond acceptors (Lipinski definition) is 5. The van der Waals surface area contributed by atoms with Crippen molar-refractivity contribution in [3.05, 3.63) is 54.1 Å². The van der Waals surface area contributed by atoms with Crippen LogP contribution in [0.15, 0.2) is 48.5 Å². The van der Waals surface area contributed by atoms with E-state index in [2.05, 4.69) is 15.2 Å². The van der Waals surface area contributed by atoms with Crippen LogP contribution in [-0.2, 0) is 11.0 Å². The summed E-state index contributed by atoms with van der Waals surface area (Å²) in [4.78, 5) is 20.9. The molecule has 5 nitrogen and oxygen atoms in total. The summed E-state index contributed by atoms with van der Waals surface area (Å²) in [6, 6.07) is 13.3. The van der Waals surface area contributed by atoms with Gasteiger partial charge in [-0.2, -0.15) is 13.2 Å². The van der Waals surface area contributed by atoms with Crippen LogP contribution in [0.3, 0.4) is 0 Å². The third-order valence-corrected chi connectivity index (χ3v) is 6.53. The lowest BCUT2D eigenvalue weighted by atomic mass is 10.1. The van der Waals surface area contributed by atoms with E-state index in [1.165, 1.54) is 23.5 Å². The molecule has 1 aliphatic heterocycles. The second-order valence-corrected chi connectivity index (χ2v) is 8.90. The number of benzene rings is 2. The number of fused-ring (bicyclic) bond motifs is 1. The molecule has 33 heavy (non-hydrogen) atoms. The van der Waals surface area contributed by atoms with Gasteiger partial charge >= 0.3 is 6.18 Å². The molecule has 0 aliphatic carbocycles. The molecule has 1 aliphatic rings. The molecule has 0 radical (unpaired) electrons. The number of unbranched alkanes of at least 4 members (excludes halogenated alkanes) is 1. The molecule has 4 rings (SSSR count). The molecule has 1 saturated heterocycles. The zero-order valence-electron chi connectivity index (χ0n) is 18.0. The van der Waals surface area contributed by atoms with Crippen LogP contribution >= 0.6 is 23.7 Å². The first-order chi connectivity index (χ1) is 15.4. The number of carbonyl (C=O) groups is 1. The Morgan fingerprint density at radius 2 is 1.79 bits per heavy atom. The highest BCUT2D eigenvalue weighted by atomic mass is 35.5. The van der Waals surface area contributed by atoms with Gasteiger partial charge in [-0.15, -0.1) is 12.4 Å². The number of halogens is 4. The van der Waals surface area contributed by atoms with Crippen molar-refractivity contribution < 1.29 is 18.0 Å². The van der Waals surface area contributed by atoms with E-state index < -0.39 is 11.7 Å². The number of amides is 1. The van der Waals surface area contributed by atoms with E-state index in [1.54, 1.807) is 6.07 Å². The molecular formula is C23H26ClF3N4OS. The third kappa shape index (κ3) is 6.82. The van der Waals surface area contributed by atoms with Crippen LogP contribution in [0.2, 0.25) is 0 Å². The van der Waals surface area contributed by atoms with Gasteiger partial charge in [0.15, 0.2) is 5.13 Å². The molecule has 1 N–H and O–H groups in total. The van der Waals surface area contributed by atoms with Crippen LogP contribution in [0.25, 0.3) is 10.2 Å². The van der Waals surface area contributed by atoms with Gasteiger partial charge in [-0.1, -0.05) is 29.5 Å². The highest BCUT2D eigenvalue weighted by Crippen LogP contribution is 2.32. The molecule has 3 aromatic rings. The van der Waals surface area contributed by atoms with Crippen LogP contribution < -0.4 is 10.2 Å². The number of nitrogens with one attached hydrogen (secondary N) is 1. The van der Waals surface area contributed by atoms with Crippen molar-refractivity contribution in [3.8, 4) is 0 Å². The predicted molar refractivity (Wildman–Crippen MR) is 129 cm³/mol. The van der Waals surface area contributed by atoms with Crippen molar-refractivity contribution in [2.75, 3.05) is 42.9 Å². The Morgan fingerprint density at radius 3 is 2.52 bits per heavy atom. The van der Waals surface area contributed by atoms with E-state index >= 15 is 0 Å². The lowest BCUT2D eigenvalue weighted by Crippen LogP contribution is -2.46. The maximum atomic E-state index is 12.9. The zero-order chi connectivity index (χ0) is 22.6. The minimum absolute atomic E-state index is 0. The van der Waals surface area contributed by atoms with E-state index in [1.807, 2.05) is 29.2 Å². The van der Waals surface area contributed by atoms with Crippen molar-refractivity contribution in [1.29, 1.82) is 0 Å². The van der Waals surface area contributed by atoms with Gasteiger partial charge in [0.2, 0.25) is 5.91 Å². The maximum Gasteiger partial charge on any atom is 0.416 e. The minimum Gasteiger partial charge on any atom is -0.369 e. The van der Waals surface area contributed by atoms with E-state index in [9.17, 15) is 18.0 Å². The van der Waals surface area contributed by atoms with Crippen molar-refractivity contribution in [3.63, 3.8) is 0 Å². The fourth-order valence-corrected chi connectivity index (χ4v) is 4.72. The van der Waals surface area contributed by atoms with Crippen molar-refractivity contribution >= 4 is 50.7 Å². The monoisotopic (exact) mass is 498 g/mol. The van der Waals surface area contributed by atoms with E-state index in [0.29, 0.717) is 30.3 Å². The Bertz CT molecular complexity index is 1030. The number of piperazine rings is 1. The second kappa shape index (κ2) is 11.2. The number of carbonyl (C=O) groups excluding carboxylic acids is 1. The van der Waals surface area contributed by atoms with Crippen LogP contribution in [-0.4, -0.2) is 48.5 Å². The number of rotatable bonds is 7. The topological polar surface area (TPSA) is 48.5 Å². The normalized spacial score (nSPS) is 14.8. The van der Waals surface area contributed by atoms with E-state index in [-0.39, 0.29) is 18.3 Å². The molecule has 1 fully saturated rings. The number of nitrogens with zero attached hydrogens (tertiary/aromatic N) is 3. The largest absolute Gasteiger partial charge is 0.416 e. The van der Waals surface area contributed by atoms with Crippen LogP contribution in [0, 0.1) is 0 Å². The highest BCUT2D eigenvalue weighted by Gasteiger charge is 2.31. The lowest BCUT2D eigenvalue weighted by Gasteiger charge is -2.36. The summed E-state index contributed by atoms with van der Waals surface area (Å²) in [6.45, 7) is 3.87. The molecular weight excluding hydrogens is 473 g/mol. The lowest BCUT2D eigenvalue weighted by molar-refractivity contribution is -0.137. The van der Waals surface area contributed by atoms with Gasteiger partial charge in [-0.25, -0.2) is 4.98 Å². The van der Waals surface area contributed by atoms with Crippen LogP contribution in [0.5, 0.6) is 0 Å². The van der Waals surface area contributed by atoms with E-state index in [0.717, 1.165) is 48.8 Å². The smallest absolute Gasteiger partial charge is 0.369 e. The molecule has 2 aromatic carbocycles. The minimum atomic E-state index is -4.32. The summed E-state index contributed by atoms with van der Waals surface area (Å²) in [7, 11) is 0. The van der Waals surface area contributed by atoms with Gasteiger partial charge < -0.3 is 10.2 Å². The quantitative estimate of drug-likeness (QED) is 0.426. The van der Waals surface area contributed by atoms with Gasteiger partial charge in [0.25, 0.3) is 0 Å². The van der Waals surface area contributed by atoms with Gasteiger partial charge in [0.05, 0.1) is 15.8 Å². The Balaban J connectivity index is 0.00000306. The number of hydrogen-bond donors (Lipinski definition) is 1. The first-order valence-electron chi connectivity index (χ1n) is 10.7. The van der Waals surface area contributed by atoms with Crippen molar-refractivity contribution in [2.24, 2.45) is 0 Å². The number of thiazole rings is 1. The van der Waals surface area contributed by atoms with Gasteiger partial charge in [0, 0.05) is 38.3 Å². The molecule has 0 saturated carbocycles. The number of anilines is 2. The number of para-hydroxylation sites is 1. The predicted octanol–water partition coefficient (Wildman–Crippen LogP) is 5.67. The van der Waals surface area contributed by atoms with Crippen molar-refractivity contribution in [1.82, 2.24) is 9.88 Å². The molecule has 2 heterocycles. The molecule has 10 heteroatoms. The average molecular weight is 499 g/mol. The van der Waals surface area contributed by atoms with Gasteiger partial charge in [0.1, 0.15) is 0 Å². The van der Waals surface area contributed by atoms with Gasteiger partial charge in [-0.05, 0) is 49.7 Å². The van der Waals surface area contributed by atoms with Crippen molar-refractivity contribution in [2.45, 2.75) is 25.4 Å². The van der Waals surface area contributed by atoms with Gasteiger partial charge in [-0.3, -0.25) is 9.69 Å². The molecule has 0 unspecified atom stereocenters. The molecule has 0 bridgehead atoms. The first-order valence-corrected chi connectivity index (χ1v) is 11.5. The zero-order valence-corrected chi connectivity index (χ0v) is 19.6. The highest BCUT2D eigenvalue weighted by molar-refractivity contribution is 7.22.